The zero-order valence-corrected chi connectivity index (χ0v) is 13.2. The van der Waals surface area contributed by atoms with E-state index in [1.165, 1.54) is 0 Å². The van der Waals surface area contributed by atoms with E-state index in [1.54, 1.807) is 30.3 Å². The molecule has 0 unspecified atom stereocenters. The van der Waals surface area contributed by atoms with Crippen molar-refractivity contribution in [1.29, 1.82) is 0 Å². The van der Waals surface area contributed by atoms with Gasteiger partial charge in [-0.2, -0.15) is 0 Å². The highest BCUT2D eigenvalue weighted by atomic mass is 16.5. The van der Waals surface area contributed by atoms with Gasteiger partial charge in [0.1, 0.15) is 0 Å². The summed E-state index contributed by atoms with van der Waals surface area (Å²) >= 11 is 0. The standard InChI is InChI=1S/C16H23N3O3/c1-12-13(5-3-9-18-12)15(21)19-10-4-7-16(11-19,22-2)8-6-14(17)20/h3,5,9H,4,6-8,10-11H2,1-2H3,(H2,17,20)/t16-/m0/s1. The number of rotatable bonds is 5. The summed E-state index contributed by atoms with van der Waals surface area (Å²) in [4.78, 5) is 29.7. The fourth-order valence-corrected chi connectivity index (χ4v) is 2.98. The Morgan fingerprint density at radius 1 is 1.50 bits per heavy atom. The van der Waals surface area contributed by atoms with Crippen LogP contribution in [-0.4, -0.2) is 47.5 Å². The fourth-order valence-electron chi connectivity index (χ4n) is 2.98. The van der Waals surface area contributed by atoms with Crippen LogP contribution in [0.1, 0.15) is 41.7 Å². The molecule has 2 heterocycles. The van der Waals surface area contributed by atoms with Crippen LogP contribution >= 0.6 is 0 Å². The highest BCUT2D eigenvalue weighted by Gasteiger charge is 2.37. The maximum absolute atomic E-state index is 12.7. The summed E-state index contributed by atoms with van der Waals surface area (Å²) in [6, 6.07) is 3.55. The monoisotopic (exact) mass is 305 g/mol. The van der Waals surface area contributed by atoms with Gasteiger partial charge >= 0.3 is 0 Å². The Bertz CT molecular complexity index is 561. The van der Waals surface area contributed by atoms with Crippen molar-refractivity contribution in [2.75, 3.05) is 20.2 Å². The molecule has 6 heteroatoms. The Morgan fingerprint density at radius 2 is 2.27 bits per heavy atom. The van der Waals surface area contributed by atoms with E-state index in [1.807, 2.05) is 6.92 Å². The van der Waals surface area contributed by atoms with Gasteiger partial charge in [0.25, 0.3) is 5.91 Å². The van der Waals surface area contributed by atoms with E-state index in [9.17, 15) is 9.59 Å². The first-order chi connectivity index (χ1) is 10.5. The zero-order valence-electron chi connectivity index (χ0n) is 13.2. The number of carbonyl (C=O) groups excluding carboxylic acids is 2. The van der Waals surface area contributed by atoms with Gasteiger partial charge in [0.05, 0.1) is 11.2 Å². The van der Waals surface area contributed by atoms with Gasteiger partial charge in [0.2, 0.25) is 5.91 Å². The molecule has 1 fully saturated rings. The second kappa shape index (κ2) is 6.87. The van der Waals surface area contributed by atoms with E-state index in [2.05, 4.69) is 4.98 Å². The lowest BCUT2D eigenvalue weighted by Crippen LogP contribution is -2.51. The van der Waals surface area contributed by atoms with Crippen LogP contribution in [0.4, 0.5) is 0 Å². The third-order valence-corrected chi connectivity index (χ3v) is 4.32. The third kappa shape index (κ3) is 3.62. The number of piperidine rings is 1. The lowest BCUT2D eigenvalue weighted by molar-refractivity contribution is -0.120. The number of hydrogen-bond acceptors (Lipinski definition) is 4. The van der Waals surface area contributed by atoms with Gasteiger partial charge in [-0.05, 0) is 38.3 Å². The van der Waals surface area contributed by atoms with Crippen LogP contribution in [0.3, 0.4) is 0 Å². The van der Waals surface area contributed by atoms with Crippen LogP contribution in [0.25, 0.3) is 0 Å². The molecule has 0 bridgehead atoms. The second-order valence-electron chi connectivity index (χ2n) is 5.82. The smallest absolute Gasteiger partial charge is 0.255 e. The summed E-state index contributed by atoms with van der Waals surface area (Å²) in [7, 11) is 1.63. The van der Waals surface area contributed by atoms with Gasteiger partial charge in [-0.1, -0.05) is 0 Å². The fraction of sp³-hybridized carbons (Fsp3) is 0.562. The molecule has 0 saturated carbocycles. The first kappa shape index (κ1) is 16.4. The predicted molar refractivity (Wildman–Crippen MR) is 82.3 cm³/mol. The van der Waals surface area contributed by atoms with E-state index in [-0.39, 0.29) is 18.2 Å². The summed E-state index contributed by atoms with van der Waals surface area (Å²) in [6.45, 7) is 2.99. The van der Waals surface area contributed by atoms with Gasteiger partial charge in [0.15, 0.2) is 0 Å². The van der Waals surface area contributed by atoms with Gasteiger partial charge in [-0.25, -0.2) is 0 Å². The molecule has 2 amide bonds. The van der Waals surface area contributed by atoms with Crippen LogP contribution in [-0.2, 0) is 9.53 Å². The maximum Gasteiger partial charge on any atom is 0.255 e. The molecule has 0 radical (unpaired) electrons. The number of amides is 2. The zero-order chi connectivity index (χ0) is 16.2. The lowest BCUT2D eigenvalue weighted by atomic mass is 9.87. The molecule has 1 aliphatic rings. The molecule has 22 heavy (non-hydrogen) atoms. The number of carbonyl (C=O) groups is 2. The van der Waals surface area contributed by atoms with Crippen molar-refractivity contribution in [2.24, 2.45) is 5.73 Å². The van der Waals surface area contributed by atoms with E-state index < -0.39 is 5.60 Å². The van der Waals surface area contributed by atoms with E-state index in [4.69, 9.17) is 10.5 Å². The molecular formula is C16H23N3O3. The van der Waals surface area contributed by atoms with Crippen molar-refractivity contribution in [3.63, 3.8) is 0 Å². The first-order valence-corrected chi connectivity index (χ1v) is 7.52. The number of nitrogens with two attached hydrogens (primary N) is 1. The minimum absolute atomic E-state index is 0.0363. The predicted octanol–water partition coefficient (Wildman–Crippen LogP) is 1.28. The second-order valence-corrected chi connectivity index (χ2v) is 5.82. The van der Waals surface area contributed by atoms with Crippen LogP contribution in [0.5, 0.6) is 0 Å². The number of methoxy groups -OCH3 is 1. The van der Waals surface area contributed by atoms with E-state index >= 15 is 0 Å². The number of hydrogen-bond donors (Lipinski definition) is 1. The molecule has 120 valence electrons. The largest absolute Gasteiger partial charge is 0.376 e. The number of aryl methyl sites for hydroxylation is 1. The molecule has 0 aliphatic carbocycles. The van der Waals surface area contributed by atoms with E-state index in [0.29, 0.717) is 25.1 Å². The molecule has 2 rings (SSSR count). The van der Waals surface area contributed by atoms with Gasteiger partial charge in [-0.3, -0.25) is 14.6 Å². The average molecular weight is 305 g/mol. The van der Waals surface area contributed by atoms with Crippen LogP contribution in [0.15, 0.2) is 18.3 Å². The summed E-state index contributed by atoms with van der Waals surface area (Å²) in [5, 5.41) is 0. The average Bonchev–Trinajstić information content (AvgIpc) is 2.53. The minimum Gasteiger partial charge on any atom is -0.376 e. The first-order valence-electron chi connectivity index (χ1n) is 7.52. The van der Waals surface area contributed by atoms with Crippen LogP contribution < -0.4 is 5.73 Å². The van der Waals surface area contributed by atoms with Crippen molar-refractivity contribution >= 4 is 11.8 Å². The Kier molecular flexibility index (Phi) is 5.13. The van der Waals surface area contributed by atoms with E-state index in [0.717, 1.165) is 18.5 Å². The maximum atomic E-state index is 12.7. The Labute approximate surface area is 130 Å². The number of ether oxygens (including phenoxy) is 1. The Morgan fingerprint density at radius 3 is 2.91 bits per heavy atom. The quantitative estimate of drug-likeness (QED) is 0.888. The number of nitrogens with zero attached hydrogens (tertiary/aromatic N) is 2. The van der Waals surface area contributed by atoms with Crippen molar-refractivity contribution in [1.82, 2.24) is 9.88 Å². The number of primary amides is 1. The van der Waals surface area contributed by atoms with Crippen LogP contribution in [0.2, 0.25) is 0 Å². The van der Waals surface area contributed by atoms with Crippen molar-refractivity contribution in [2.45, 2.75) is 38.2 Å². The summed E-state index contributed by atoms with van der Waals surface area (Å²) in [5.74, 6) is -0.381. The molecule has 0 aromatic carbocycles. The number of likely N-dealkylation sites (tertiary alicyclic amines) is 1. The molecular weight excluding hydrogens is 282 g/mol. The van der Waals surface area contributed by atoms with Crippen molar-refractivity contribution in [3.05, 3.63) is 29.6 Å². The Balaban J connectivity index is 2.13. The van der Waals surface area contributed by atoms with Crippen molar-refractivity contribution in [3.8, 4) is 0 Å². The highest BCUT2D eigenvalue weighted by Crippen LogP contribution is 2.30. The van der Waals surface area contributed by atoms with Crippen molar-refractivity contribution < 1.29 is 14.3 Å². The molecule has 6 nitrogen and oxygen atoms in total. The molecule has 1 aromatic rings. The molecule has 0 spiro atoms. The number of aromatic nitrogens is 1. The molecule has 1 atom stereocenters. The third-order valence-electron chi connectivity index (χ3n) is 4.32. The topological polar surface area (TPSA) is 85.5 Å². The highest BCUT2D eigenvalue weighted by molar-refractivity contribution is 5.95. The molecule has 1 saturated heterocycles. The van der Waals surface area contributed by atoms with Crippen LogP contribution in [0, 0.1) is 6.92 Å². The summed E-state index contributed by atoms with van der Waals surface area (Å²) in [6.07, 6.45) is 4.15. The molecule has 1 aliphatic heterocycles. The lowest BCUT2D eigenvalue weighted by Gasteiger charge is -2.42. The molecule has 1 aromatic heterocycles. The van der Waals surface area contributed by atoms with Gasteiger partial charge < -0.3 is 15.4 Å². The van der Waals surface area contributed by atoms with Gasteiger partial charge in [0, 0.05) is 38.5 Å². The molecule has 2 N–H and O–H groups in total. The number of pyridine rings is 1. The normalized spacial score (nSPS) is 21.6. The summed E-state index contributed by atoms with van der Waals surface area (Å²) < 4.78 is 5.66. The SMILES string of the molecule is CO[C@]1(CCC(N)=O)CCCN(C(=O)c2cccnc2C)C1. The minimum atomic E-state index is -0.487. The Hall–Kier alpha value is -1.95. The van der Waals surface area contributed by atoms with Gasteiger partial charge in [-0.15, -0.1) is 0 Å². The summed E-state index contributed by atoms with van der Waals surface area (Å²) in [5.41, 5.74) is 6.09.